The third-order valence-electron chi connectivity index (χ3n) is 5.79. The van der Waals surface area contributed by atoms with Gasteiger partial charge in [0.25, 0.3) is 5.91 Å². The zero-order valence-corrected chi connectivity index (χ0v) is 14.2. The second kappa shape index (κ2) is 6.56. The van der Waals surface area contributed by atoms with Gasteiger partial charge in [0.1, 0.15) is 5.69 Å². The summed E-state index contributed by atoms with van der Waals surface area (Å²) in [7, 11) is 0. The van der Waals surface area contributed by atoms with Gasteiger partial charge in [0.15, 0.2) is 0 Å². The van der Waals surface area contributed by atoms with Crippen LogP contribution in [0.2, 0.25) is 0 Å². The summed E-state index contributed by atoms with van der Waals surface area (Å²) in [5.74, 6) is -0.00173. The number of carbonyl (C=O) groups excluding carboxylic acids is 1. The van der Waals surface area contributed by atoms with Crippen LogP contribution in [0.25, 0.3) is 0 Å². The molecule has 0 spiro atoms. The molecular formula is C20H23N3O2. The highest BCUT2D eigenvalue weighted by molar-refractivity contribution is 5.92. The minimum atomic E-state index is -0.856. The van der Waals surface area contributed by atoms with Crippen molar-refractivity contribution in [1.29, 1.82) is 0 Å². The molecule has 4 rings (SSSR count). The number of amides is 1. The van der Waals surface area contributed by atoms with E-state index < -0.39 is 5.60 Å². The smallest absolute Gasteiger partial charge is 0.274 e. The van der Waals surface area contributed by atoms with Crippen LogP contribution in [0.3, 0.4) is 0 Å². The third-order valence-corrected chi connectivity index (χ3v) is 5.79. The van der Waals surface area contributed by atoms with Gasteiger partial charge in [0.2, 0.25) is 0 Å². The van der Waals surface area contributed by atoms with Crippen LogP contribution in [-0.4, -0.2) is 38.5 Å². The lowest BCUT2D eigenvalue weighted by Gasteiger charge is -2.52. The van der Waals surface area contributed by atoms with E-state index in [0.717, 1.165) is 31.2 Å². The molecular weight excluding hydrogens is 314 g/mol. The van der Waals surface area contributed by atoms with Gasteiger partial charge in [-0.05, 0) is 24.8 Å². The molecule has 0 radical (unpaired) electrons. The van der Waals surface area contributed by atoms with Crippen molar-refractivity contribution in [3.05, 3.63) is 60.2 Å². The Hall–Kier alpha value is -2.27. The first-order valence-electron chi connectivity index (χ1n) is 9.05. The molecule has 2 heterocycles. The van der Waals surface area contributed by atoms with Gasteiger partial charge in [0.05, 0.1) is 11.8 Å². The average Bonchev–Trinajstić information content (AvgIpc) is 2.69. The number of piperidine rings is 1. The average molecular weight is 337 g/mol. The number of carbonyl (C=O) groups is 1. The lowest BCUT2D eigenvalue weighted by Crippen LogP contribution is -2.59. The molecule has 2 fully saturated rings. The van der Waals surface area contributed by atoms with Crippen molar-refractivity contribution in [3.63, 3.8) is 0 Å². The Bertz CT molecular complexity index is 737. The van der Waals surface area contributed by atoms with Crippen molar-refractivity contribution in [3.8, 4) is 0 Å². The molecule has 1 saturated heterocycles. The Kier molecular flexibility index (Phi) is 4.25. The standard InChI is InChI=1S/C20H23N3O2/c24-19(17-14-21-11-12-22-17)23-13-10-20(25,15-6-2-1-3-7-15)16-8-4-5-9-18(16)23/h1-3,6-7,11-12,14,16,18,25H,4-5,8-10,13H2/t16-,18+,20-/m0/s1. The maximum atomic E-state index is 12.9. The van der Waals surface area contributed by atoms with Crippen molar-refractivity contribution in [1.82, 2.24) is 14.9 Å². The minimum absolute atomic E-state index is 0.0576. The van der Waals surface area contributed by atoms with Crippen LogP contribution in [0.1, 0.15) is 48.2 Å². The fourth-order valence-corrected chi connectivity index (χ4v) is 4.58. The molecule has 1 aromatic carbocycles. The molecule has 1 saturated carbocycles. The van der Waals surface area contributed by atoms with Gasteiger partial charge in [-0.3, -0.25) is 9.78 Å². The maximum Gasteiger partial charge on any atom is 0.274 e. The Balaban J connectivity index is 1.66. The van der Waals surface area contributed by atoms with E-state index in [1.165, 1.54) is 6.20 Å². The first kappa shape index (κ1) is 16.2. The van der Waals surface area contributed by atoms with E-state index in [2.05, 4.69) is 9.97 Å². The fourth-order valence-electron chi connectivity index (χ4n) is 4.58. The highest BCUT2D eigenvalue weighted by atomic mass is 16.3. The molecule has 5 heteroatoms. The number of hydrogen-bond donors (Lipinski definition) is 1. The van der Waals surface area contributed by atoms with E-state index in [4.69, 9.17) is 0 Å². The number of aliphatic hydroxyl groups is 1. The first-order chi connectivity index (χ1) is 12.2. The van der Waals surface area contributed by atoms with E-state index in [-0.39, 0.29) is 17.9 Å². The summed E-state index contributed by atoms with van der Waals surface area (Å²) >= 11 is 0. The molecule has 2 aliphatic rings. The number of fused-ring (bicyclic) bond motifs is 1. The summed E-state index contributed by atoms with van der Waals surface area (Å²) in [6, 6.07) is 9.99. The Labute approximate surface area is 147 Å². The molecule has 1 amide bonds. The van der Waals surface area contributed by atoms with Crippen LogP contribution < -0.4 is 0 Å². The van der Waals surface area contributed by atoms with Crippen LogP contribution in [0.15, 0.2) is 48.9 Å². The number of likely N-dealkylation sites (tertiary alicyclic amines) is 1. The third kappa shape index (κ3) is 2.82. The molecule has 1 aliphatic carbocycles. The van der Waals surface area contributed by atoms with Gasteiger partial charge in [-0.1, -0.05) is 43.2 Å². The van der Waals surface area contributed by atoms with Gasteiger partial charge in [-0.15, -0.1) is 0 Å². The van der Waals surface area contributed by atoms with Crippen molar-refractivity contribution < 1.29 is 9.90 Å². The van der Waals surface area contributed by atoms with E-state index in [1.807, 2.05) is 35.2 Å². The number of nitrogens with zero attached hydrogens (tertiary/aromatic N) is 3. The highest BCUT2D eigenvalue weighted by Gasteiger charge is 2.50. The molecule has 25 heavy (non-hydrogen) atoms. The molecule has 0 unspecified atom stereocenters. The van der Waals surface area contributed by atoms with Gasteiger partial charge in [-0.2, -0.15) is 0 Å². The minimum Gasteiger partial charge on any atom is -0.385 e. The zero-order valence-electron chi connectivity index (χ0n) is 14.2. The predicted octanol–water partition coefficient (Wildman–Crippen LogP) is 2.77. The Morgan fingerprint density at radius 1 is 1.16 bits per heavy atom. The van der Waals surface area contributed by atoms with E-state index in [1.54, 1.807) is 12.4 Å². The van der Waals surface area contributed by atoms with Gasteiger partial charge < -0.3 is 10.0 Å². The molecule has 3 atom stereocenters. The fraction of sp³-hybridized carbons (Fsp3) is 0.450. The highest BCUT2D eigenvalue weighted by Crippen LogP contribution is 2.47. The number of aromatic nitrogens is 2. The monoisotopic (exact) mass is 337 g/mol. The van der Waals surface area contributed by atoms with Crippen molar-refractivity contribution in [2.45, 2.75) is 43.7 Å². The summed E-state index contributed by atoms with van der Waals surface area (Å²) in [5, 5.41) is 11.5. The number of rotatable bonds is 2. The van der Waals surface area contributed by atoms with Crippen LogP contribution in [0.4, 0.5) is 0 Å². The lowest BCUT2D eigenvalue weighted by atomic mass is 9.66. The van der Waals surface area contributed by atoms with Crippen LogP contribution in [-0.2, 0) is 5.60 Å². The largest absolute Gasteiger partial charge is 0.385 e. The molecule has 5 nitrogen and oxygen atoms in total. The SMILES string of the molecule is O=C(c1cnccn1)N1CC[C@](O)(c2ccccc2)[C@H]2CCCC[C@H]21. The van der Waals surface area contributed by atoms with Gasteiger partial charge in [-0.25, -0.2) is 4.98 Å². The predicted molar refractivity (Wildman–Crippen MR) is 93.8 cm³/mol. The summed E-state index contributed by atoms with van der Waals surface area (Å²) in [6.07, 6.45) is 9.29. The topological polar surface area (TPSA) is 66.3 Å². The summed E-state index contributed by atoms with van der Waals surface area (Å²) in [6.45, 7) is 0.544. The molecule has 0 bridgehead atoms. The second-order valence-electron chi connectivity index (χ2n) is 7.09. The van der Waals surface area contributed by atoms with E-state index in [9.17, 15) is 9.90 Å². The van der Waals surface area contributed by atoms with Crippen LogP contribution >= 0.6 is 0 Å². The van der Waals surface area contributed by atoms with Crippen molar-refractivity contribution in [2.75, 3.05) is 6.54 Å². The van der Waals surface area contributed by atoms with E-state index in [0.29, 0.717) is 18.7 Å². The first-order valence-corrected chi connectivity index (χ1v) is 9.05. The molecule has 130 valence electrons. The van der Waals surface area contributed by atoms with Crippen LogP contribution in [0.5, 0.6) is 0 Å². The van der Waals surface area contributed by atoms with Gasteiger partial charge >= 0.3 is 0 Å². The molecule has 2 aromatic rings. The summed E-state index contributed by atoms with van der Waals surface area (Å²) in [5.41, 5.74) is 0.501. The van der Waals surface area contributed by atoms with E-state index >= 15 is 0 Å². The molecule has 1 N–H and O–H groups in total. The number of benzene rings is 1. The lowest BCUT2D eigenvalue weighted by molar-refractivity contribution is -0.110. The normalized spacial score (nSPS) is 29.1. The Morgan fingerprint density at radius 3 is 2.72 bits per heavy atom. The molecule has 1 aliphatic heterocycles. The quantitative estimate of drug-likeness (QED) is 0.915. The second-order valence-corrected chi connectivity index (χ2v) is 7.09. The zero-order chi connectivity index (χ0) is 17.3. The Morgan fingerprint density at radius 2 is 1.96 bits per heavy atom. The number of hydrogen-bond acceptors (Lipinski definition) is 4. The summed E-state index contributed by atoms with van der Waals surface area (Å²) in [4.78, 5) is 23.1. The summed E-state index contributed by atoms with van der Waals surface area (Å²) < 4.78 is 0. The van der Waals surface area contributed by atoms with Crippen molar-refractivity contribution in [2.24, 2.45) is 5.92 Å². The molecule has 1 aromatic heterocycles. The van der Waals surface area contributed by atoms with Crippen molar-refractivity contribution >= 4 is 5.91 Å². The maximum absolute atomic E-state index is 12.9. The van der Waals surface area contributed by atoms with Crippen LogP contribution in [0, 0.1) is 5.92 Å². The van der Waals surface area contributed by atoms with Gasteiger partial charge in [0, 0.05) is 30.9 Å².